The van der Waals surface area contributed by atoms with E-state index < -0.39 is 5.60 Å². The molecule has 0 spiro atoms. The van der Waals surface area contributed by atoms with Crippen LogP contribution >= 0.6 is 15.9 Å². The van der Waals surface area contributed by atoms with Crippen molar-refractivity contribution in [2.75, 3.05) is 6.61 Å². The van der Waals surface area contributed by atoms with Crippen molar-refractivity contribution >= 4 is 21.7 Å². The number of carbonyl (C=O) groups excluding carboxylic acids is 1. The SMILES string of the molecule is CCOC1(C(=O)Cc2ccc(Br)cc2F)CCCCCC1. The summed E-state index contributed by atoms with van der Waals surface area (Å²) in [4.78, 5) is 12.8. The molecule has 2 nitrogen and oxygen atoms in total. The number of ketones is 1. The summed E-state index contributed by atoms with van der Waals surface area (Å²) in [7, 11) is 0. The summed E-state index contributed by atoms with van der Waals surface area (Å²) in [6, 6.07) is 4.85. The van der Waals surface area contributed by atoms with Crippen molar-refractivity contribution in [1.82, 2.24) is 0 Å². The summed E-state index contributed by atoms with van der Waals surface area (Å²) in [6.07, 6.45) is 5.95. The molecule has 0 heterocycles. The molecule has 0 aliphatic heterocycles. The van der Waals surface area contributed by atoms with E-state index in [4.69, 9.17) is 4.74 Å². The molecule has 0 unspecified atom stereocenters. The van der Waals surface area contributed by atoms with Gasteiger partial charge in [0.25, 0.3) is 0 Å². The molecule has 0 amide bonds. The van der Waals surface area contributed by atoms with Crippen molar-refractivity contribution in [2.24, 2.45) is 0 Å². The molecule has 4 heteroatoms. The minimum absolute atomic E-state index is 0.0208. The lowest BCUT2D eigenvalue weighted by Crippen LogP contribution is -2.42. The van der Waals surface area contributed by atoms with E-state index in [1.54, 1.807) is 12.1 Å². The van der Waals surface area contributed by atoms with E-state index in [1.807, 2.05) is 6.92 Å². The summed E-state index contributed by atoms with van der Waals surface area (Å²) in [6.45, 7) is 2.44. The van der Waals surface area contributed by atoms with E-state index in [2.05, 4.69) is 15.9 Å². The fourth-order valence-electron chi connectivity index (χ4n) is 3.08. The highest BCUT2D eigenvalue weighted by molar-refractivity contribution is 9.10. The largest absolute Gasteiger partial charge is 0.367 e. The molecule has 21 heavy (non-hydrogen) atoms. The standard InChI is InChI=1S/C17H22BrFO2/c1-2-21-17(9-5-3-4-6-10-17)16(20)11-13-7-8-14(18)12-15(13)19/h7-8,12H,2-6,9-11H2,1H3. The van der Waals surface area contributed by atoms with Gasteiger partial charge >= 0.3 is 0 Å². The number of rotatable bonds is 5. The molecule has 0 bridgehead atoms. The van der Waals surface area contributed by atoms with Crippen LogP contribution in [-0.2, 0) is 16.0 Å². The van der Waals surface area contributed by atoms with Crippen LogP contribution in [0.2, 0.25) is 0 Å². The van der Waals surface area contributed by atoms with Gasteiger partial charge in [-0.25, -0.2) is 4.39 Å². The number of ether oxygens (including phenoxy) is 1. The number of hydrogen-bond donors (Lipinski definition) is 0. The van der Waals surface area contributed by atoms with Gasteiger partial charge in [-0.3, -0.25) is 4.79 Å². The second-order valence-corrected chi connectivity index (χ2v) is 6.59. The Morgan fingerprint density at radius 1 is 1.29 bits per heavy atom. The summed E-state index contributed by atoms with van der Waals surface area (Å²) < 4.78 is 20.5. The minimum atomic E-state index is -0.704. The van der Waals surface area contributed by atoms with Crippen molar-refractivity contribution in [3.63, 3.8) is 0 Å². The quantitative estimate of drug-likeness (QED) is 0.706. The van der Waals surface area contributed by atoms with Gasteiger partial charge in [-0.15, -0.1) is 0 Å². The molecule has 0 N–H and O–H groups in total. The topological polar surface area (TPSA) is 26.3 Å². The Bertz CT molecular complexity index is 494. The van der Waals surface area contributed by atoms with Crippen LogP contribution in [0.5, 0.6) is 0 Å². The fraction of sp³-hybridized carbons (Fsp3) is 0.588. The van der Waals surface area contributed by atoms with E-state index in [0.29, 0.717) is 16.6 Å². The Morgan fingerprint density at radius 3 is 2.52 bits per heavy atom. The highest BCUT2D eigenvalue weighted by Gasteiger charge is 2.38. The third-order valence-corrected chi connectivity index (χ3v) is 4.70. The van der Waals surface area contributed by atoms with Crippen LogP contribution in [-0.4, -0.2) is 18.0 Å². The van der Waals surface area contributed by atoms with E-state index in [9.17, 15) is 9.18 Å². The normalized spacial score (nSPS) is 18.2. The molecule has 1 aliphatic rings. The Balaban J connectivity index is 2.18. The molecule has 0 saturated heterocycles. The van der Waals surface area contributed by atoms with E-state index in [-0.39, 0.29) is 18.0 Å². The molecule has 1 aromatic rings. The van der Waals surface area contributed by atoms with Crippen LogP contribution in [0.1, 0.15) is 51.0 Å². The lowest BCUT2D eigenvalue weighted by Gasteiger charge is -2.31. The molecular formula is C17H22BrFO2. The maximum atomic E-state index is 13.9. The third kappa shape index (κ3) is 4.13. The van der Waals surface area contributed by atoms with Crippen LogP contribution in [0.25, 0.3) is 0 Å². The maximum absolute atomic E-state index is 13.9. The average Bonchev–Trinajstić information content (AvgIpc) is 2.69. The van der Waals surface area contributed by atoms with Crippen molar-refractivity contribution in [1.29, 1.82) is 0 Å². The second-order valence-electron chi connectivity index (χ2n) is 5.68. The van der Waals surface area contributed by atoms with Crippen molar-refractivity contribution < 1.29 is 13.9 Å². The second kappa shape index (κ2) is 7.50. The van der Waals surface area contributed by atoms with Gasteiger partial charge in [0.2, 0.25) is 0 Å². The zero-order chi connectivity index (χ0) is 15.3. The predicted octanol–water partition coefficient (Wildman–Crippen LogP) is 4.83. The summed E-state index contributed by atoms with van der Waals surface area (Å²) in [5.74, 6) is -0.314. The first-order valence-corrected chi connectivity index (χ1v) is 8.48. The molecule has 0 radical (unpaired) electrons. The van der Waals surface area contributed by atoms with Crippen molar-refractivity contribution in [2.45, 2.75) is 57.5 Å². The lowest BCUT2D eigenvalue weighted by atomic mass is 9.86. The van der Waals surface area contributed by atoms with Gasteiger partial charge in [-0.05, 0) is 37.5 Å². The Labute approximate surface area is 134 Å². The Kier molecular flexibility index (Phi) is 5.94. The number of Topliss-reactive ketones (excluding diaryl/α,β-unsaturated/α-hetero) is 1. The van der Waals surface area contributed by atoms with Gasteiger partial charge < -0.3 is 4.74 Å². The summed E-state index contributed by atoms with van der Waals surface area (Å²) in [5.41, 5.74) is -0.253. The Morgan fingerprint density at radius 2 is 1.95 bits per heavy atom. The van der Waals surface area contributed by atoms with E-state index in [1.165, 1.54) is 6.07 Å². The van der Waals surface area contributed by atoms with Gasteiger partial charge in [0.15, 0.2) is 5.78 Å². The first kappa shape index (κ1) is 16.6. The molecule has 1 fully saturated rings. The number of halogens is 2. The third-order valence-electron chi connectivity index (χ3n) is 4.21. The van der Waals surface area contributed by atoms with Gasteiger partial charge in [-0.1, -0.05) is 47.7 Å². The summed E-state index contributed by atoms with van der Waals surface area (Å²) >= 11 is 3.24. The zero-order valence-corrected chi connectivity index (χ0v) is 14.0. The Hall–Kier alpha value is -0.740. The molecular weight excluding hydrogens is 335 g/mol. The van der Waals surface area contributed by atoms with Crippen molar-refractivity contribution in [3.05, 3.63) is 34.1 Å². The minimum Gasteiger partial charge on any atom is -0.367 e. The zero-order valence-electron chi connectivity index (χ0n) is 12.5. The smallest absolute Gasteiger partial charge is 0.169 e. The number of carbonyl (C=O) groups is 1. The van der Waals surface area contributed by atoms with Gasteiger partial charge in [0.05, 0.1) is 0 Å². The van der Waals surface area contributed by atoms with E-state index in [0.717, 1.165) is 38.5 Å². The predicted molar refractivity (Wildman–Crippen MR) is 84.9 cm³/mol. The first-order valence-electron chi connectivity index (χ1n) is 7.68. The molecule has 0 aromatic heterocycles. The molecule has 1 saturated carbocycles. The van der Waals surface area contributed by atoms with Crippen LogP contribution in [0.4, 0.5) is 4.39 Å². The average molecular weight is 357 g/mol. The molecule has 2 rings (SSSR count). The number of hydrogen-bond acceptors (Lipinski definition) is 2. The lowest BCUT2D eigenvalue weighted by molar-refractivity contribution is -0.145. The van der Waals surface area contributed by atoms with E-state index >= 15 is 0 Å². The van der Waals surface area contributed by atoms with Crippen LogP contribution < -0.4 is 0 Å². The summed E-state index contributed by atoms with van der Waals surface area (Å²) in [5, 5.41) is 0. The number of benzene rings is 1. The van der Waals surface area contributed by atoms with Crippen molar-refractivity contribution in [3.8, 4) is 0 Å². The van der Waals surface area contributed by atoms with Gasteiger partial charge in [-0.2, -0.15) is 0 Å². The highest BCUT2D eigenvalue weighted by atomic mass is 79.9. The molecule has 1 aromatic carbocycles. The van der Waals surface area contributed by atoms with Crippen LogP contribution in [0, 0.1) is 5.82 Å². The van der Waals surface area contributed by atoms with Crippen LogP contribution in [0.3, 0.4) is 0 Å². The maximum Gasteiger partial charge on any atom is 0.169 e. The first-order chi connectivity index (χ1) is 10.1. The van der Waals surface area contributed by atoms with Crippen LogP contribution in [0.15, 0.2) is 22.7 Å². The molecule has 116 valence electrons. The van der Waals surface area contributed by atoms with Gasteiger partial charge in [0, 0.05) is 17.5 Å². The fourth-order valence-corrected chi connectivity index (χ4v) is 3.41. The van der Waals surface area contributed by atoms with Gasteiger partial charge in [0.1, 0.15) is 11.4 Å². The highest BCUT2D eigenvalue weighted by Crippen LogP contribution is 2.33. The molecule has 0 atom stereocenters. The molecule has 1 aliphatic carbocycles. The monoisotopic (exact) mass is 356 g/mol.